The van der Waals surface area contributed by atoms with Gasteiger partial charge < -0.3 is 4.74 Å². The van der Waals surface area contributed by atoms with Crippen LogP contribution in [0.15, 0.2) is 12.4 Å². The Hall–Kier alpha value is -1.49. The van der Waals surface area contributed by atoms with Gasteiger partial charge in [0.25, 0.3) is 0 Å². The smallest absolute Gasteiger partial charge is 0.177 e. The molecule has 3 rings (SSSR count). The van der Waals surface area contributed by atoms with Gasteiger partial charge in [-0.1, -0.05) is 13.8 Å². The van der Waals surface area contributed by atoms with Crippen LogP contribution >= 0.6 is 0 Å². The van der Waals surface area contributed by atoms with Gasteiger partial charge in [-0.3, -0.25) is 0 Å². The van der Waals surface area contributed by atoms with Gasteiger partial charge in [0, 0.05) is 12.8 Å². The van der Waals surface area contributed by atoms with Crippen LogP contribution in [0.2, 0.25) is 0 Å². The second kappa shape index (κ2) is 4.07. The molecule has 0 saturated carbocycles. The summed E-state index contributed by atoms with van der Waals surface area (Å²) in [5.41, 5.74) is 2.73. The molecule has 17 heavy (non-hydrogen) atoms. The van der Waals surface area contributed by atoms with Crippen molar-refractivity contribution in [3.05, 3.63) is 18.1 Å². The number of fused-ring (bicyclic) bond motifs is 1. The first-order valence-corrected chi connectivity index (χ1v) is 6.04. The lowest BCUT2D eigenvalue weighted by atomic mass is 10.1. The number of aromatic nitrogens is 4. The maximum atomic E-state index is 5.42. The summed E-state index contributed by atoms with van der Waals surface area (Å²) in [6.45, 7) is 5.88. The van der Waals surface area contributed by atoms with Crippen LogP contribution in [0.1, 0.15) is 31.9 Å². The first-order chi connectivity index (χ1) is 8.24. The molecule has 0 aromatic carbocycles. The zero-order valence-electron chi connectivity index (χ0n) is 10.1. The topological polar surface area (TPSA) is 52.8 Å². The van der Waals surface area contributed by atoms with E-state index in [2.05, 4.69) is 28.9 Å². The van der Waals surface area contributed by atoms with Crippen molar-refractivity contribution in [1.82, 2.24) is 19.7 Å². The highest BCUT2D eigenvalue weighted by Crippen LogP contribution is 2.18. The minimum atomic E-state index is 0.294. The minimum absolute atomic E-state index is 0.294. The van der Waals surface area contributed by atoms with Crippen LogP contribution in [-0.4, -0.2) is 32.5 Å². The van der Waals surface area contributed by atoms with Crippen molar-refractivity contribution in [3.8, 4) is 0 Å². The van der Waals surface area contributed by atoms with E-state index in [4.69, 9.17) is 4.74 Å². The lowest BCUT2D eigenvalue weighted by Crippen LogP contribution is -2.31. The molecule has 2 aromatic rings. The van der Waals surface area contributed by atoms with Crippen molar-refractivity contribution < 1.29 is 4.74 Å². The molecule has 1 aliphatic heterocycles. The van der Waals surface area contributed by atoms with Crippen LogP contribution in [-0.2, 0) is 11.3 Å². The zero-order valence-corrected chi connectivity index (χ0v) is 10.1. The summed E-state index contributed by atoms with van der Waals surface area (Å²) in [5, 5.41) is 4.33. The Balaban J connectivity index is 1.96. The van der Waals surface area contributed by atoms with Crippen LogP contribution in [0.3, 0.4) is 0 Å². The maximum Gasteiger partial charge on any atom is 0.177 e. The third-order valence-electron chi connectivity index (χ3n) is 3.13. The largest absolute Gasteiger partial charge is 0.376 e. The first kappa shape index (κ1) is 10.7. The van der Waals surface area contributed by atoms with E-state index < -0.39 is 0 Å². The van der Waals surface area contributed by atoms with Gasteiger partial charge in [0.2, 0.25) is 0 Å². The Labute approximate surface area is 99.8 Å². The predicted molar refractivity (Wildman–Crippen MR) is 63.8 cm³/mol. The Morgan fingerprint density at radius 1 is 1.47 bits per heavy atom. The first-order valence-electron chi connectivity index (χ1n) is 6.04. The molecule has 2 aromatic heterocycles. The molecule has 0 amide bonds. The number of hydrogen-bond donors (Lipinski definition) is 0. The molecular weight excluding hydrogens is 216 g/mol. The van der Waals surface area contributed by atoms with Gasteiger partial charge in [0.05, 0.1) is 24.5 Å². The van der Waals surface area contributed by atoms with E-state index in [0.29, 0.717) is 12.0 Å². The Kier molecular flexibility index (Phi) is 2.55. The van der Waals surface area contributed by atoms with Crippen molar-refractivity contribution in [3.63, 3.8) is 0 Å². The molecular formula is C12H16N4O. The monoisotopic (exact) mass is 232 g/mol. The number of rotatable bonds is 3. The molecule has 3 heterocycles. The highest BCUT2D eigenvalue weighted by molar-refractivity contribution is 5.69. The number of nitrogens with zero attached hydrogens (tertiary/aromatic N) is 4. The molecule has 1 atom stereocenters. The van der Waals surface area contributed by atoms with Crippen molar-refractivity contribution in [1.29, 1.82) is 0 Å². The van der Waals surface area contributed by atoms with Crippen LogP contribution in [0.5, 0.6) is 0 Å². The van der Waals surface area contributed by atoms with Crippen molar-refractivity contribution in [2.45, 2.75) is 38.8 Å². The molecule has 0 radical (unpaired) electrons. The molecule has 0 bridgehead atoms. The van der Waals surface area contributed by atoms with Crippen LogP contribution in [0.4, 0.5) is 0 Å². The fourth-order valence-corrected chi connectivity index (χ4v) is 1.90. The summed E-state index contributed by atoms with van der Waals surface area (Å²) < 4.78 is 7.32. The zero-order chi connectivity index (χ0) is 11.8. The molecule has 1 saturated heterocycles. The maximum absolute atomic E-state index is 5.42. The van der Waals surface area contributed by atoms with Gasteiger partial charge >= 0.3 is 0 Å². The van der Waals surface area contributed by atoms with Crippen molar-refractivity contribution >= 4 is 11.2 Å². The lowest BCUT2D eigenvalue weighted by molar-refractivity contribution is -0.0603. The third kappa shape index (κ3) is 1.91. The van der Waals surface area contributed by atoms with Crippen LogP contribution < -0.4 is 0 Å². The van der Waals surface area contributed by atoms with Crippen molar-refractivity contribution in [2.75, 3.05) is 6.61 Å². The summed E-state index contributed by atoms with van der Waals surface area (Å²) in [6, 6.07) is 0. The van der Waals surface area contributed by atoms with Gasteiger partial charge in [0.15, 0.2) is 5.65 Å². The summed E-state index contributed by atoms with van der Waals surface area (Å²) in [6.07, 6.45) is 5.01. The normalized spacial score (nSPS) is 19.8. The SMILES string of the molecule is CC(C)c1cnc2cnn(CC3CCO3)c2n1. The predicted octanol–water partition coefficient (Wildman–Crippen LogP) is 1.74. The second-order valence-electron chi connectivity index (χ2n) is 4.77. The minimum Gasteiger partial charge on any atom is -0.376 e. The van der Waals surface area contributed by atoms with E-state index in [1.165, 1.54) is 0 Å². The van der Waals surface area contributed by atoms with E-state index >= 15 is 0 Å². The average molecular weight is 232 g/mol. The molecule has 5 heteroatoms. The van der Waals surface area contributed by atoms with Gasteiger partial charge in [-0.25, -0.2) is 14.6 Å². The Bertz CT molecular complexity index is 530. The molecule has 5 nitrogen and oxygen atoms in total. The lowest BCUT2D eigenvalue weighted by Gasteiger charge is -2.26. The third-order valence-corrected chi connectivity index (χ3v) is 3.13. The number of hydrogen-bond acceptors (Lipinski definition) is 4. The van der Waals surface area contributed by atoms with Crippen LogP contribution in [0.25, 0.3) is 11.2 Å². The van der Waals surface area contributed by atoms with Gasteiger partial charge in [-0.05, 0) is 12.3 Å². The van der Waals surface area contributed by atoms with E-state index in [1.54, 1.807) is 6.20 Å². The van der Waals surface area contributed by atoms with Crippen molar-refractivity contribution in [2.24, 2.45) is 0 Å². The van der Waals surface area contributed by atoms with E-state index in [1.807, 2.05) is 10.9 Å². The molecule has 1 unspecified atom stereocenters. The highest BCUT2D eigenvalue weighted by atomic mass is 16.5. The quantitative estimate of drug-likeness (QED) is 0.808. The standard InChI is InChI=1S/C12H16N4O/c1-8(2)10-5-13-11-6-14-16(12(11)15-10)7-9-3-4-17-9/h5-6,8-9H,3-4,7H2,1-2H3. The molecule has 0 spiro atoms. The summed E-state index contributed by atoms with van der Waals surface area (Å²) in [4.78, 5) is 9.02. The van der Waals surface area contributed by atoms with Gasteiger partial charge in [-0.2, -0.15) is 5.10 Å². The van der Waals surface area contributed by atoms with Gasteiger partial charge in [0.1, 0.15) is 5.52 Å². The number of ether oxygens (including phenoxy) is 1. The summed E-state index contributed by atoms with van der Waals surface area (Å²) in [5.74, 6) is 0.384. The second-order valence-corrected chi connectivity index (χ2v) is 4.77. The average Bonchev–Trinajstić information content (AvgIpc) is 2.65. The van der Waals surface area contributed by atoms with Crippen LogP contribution in [0, 0.1) is 0 Å². The fraction of sp³-hybridized carbons (Fsp3) is 0.583. The van der Waals surface area contributed by atoms with Gasteiger partial charge in [-0.15, -0.1) is 0 Å². The Morgan fingerprint density at radius 3 is 2.94 bits per heavy atom. The molecule has 90 valence electrons. The van der Waals surface area contributed by atoms with E-state index in [9.17, 15) is 0 Å². The fourth-order valence-electron chi connectivity index (χ4n) is 1.90. The molecule has 0 aliphatic carbocycles. The van der Waals surface area contributed by atoms with E-state index in [0.717, 1.165) is 36.4 Å². The summed E-state index contributed by atoms with van der Waals surface area (Å²) in [7, 11) is 0. The summed E-state index contributed by atoms with van der Waals surface area (Å²) >= 11 is 0. The highest BCUT2D eigenvalue weighted by Gasteiger charge is 2.20. The molecule has 0 N–H and O–H groups in total. The van der Waals surface area contributed by atoms with E-state index in [-0.39, 0.29) is 0 Å². The molecule has 1 aliphatic rings. The molecule has 1 fully saturated rings. The Morgan fingerprint density at radius 2 is 2.29 bits per heavy atom.